The first kappa shape index (κ1) is 23.8. The van der Waals surface area contributed by atoms with Gasteiger partial charge in [0.05, 0.1) is 0 Å². The molecule has 2 aromatic rings. The number of benzene rings is 2. The molecule has 0 saturated heterocycles. The molecule has 188 valence electrons. The van der Waals surface area contributed by atoms with E-state index in [2.05, 4.69) is 62.4 Å². The molecule has 2 aromatic carbocycles. The molecular formula is C33H39NO2. The van der Waals surface area contributed by atoms with E-state index in [9.17, 15) is 9.59 Å². The van der Waals surface area contributed by atoms with E-state index in [0.717, 1.165) is 12.3 Å². The number of nitrogens with zero attached hydrogens (tertiary/aromatic N) is 1. The zero-order valence-corrected chi connectivity index (χ0v) is 21.8. The van der Waals surface area contributed by atoms with Gasteiger partial charge in [0, 0.05) is 48.8 Å². The Morgan fingerprint density at radius 1 is 0.944 bits per heavy atom. The molecule has 1 aliphatic heterocycles. The van der Waals surface area contributed by atoms with Crippen molar-refractivity contribution in [3.63, 3.8) is 0 Å². The van der Waals surface area contributed by atoms with Crippen LogP contribution in [0.25, 0.3) is 0 Å². The highest BCUT2D eigenvalue weighted by atomic mass is 16.1. The number of carbonyl (C=O) groups excluding carboxylic acids is 2. The smallest absolute Gasteiger partial charge is 0.139 e. The van der Waals surface area contributed by atoms with Crippen LogP contribution in [0.3, 0.4) is 0 Å². The van der Waals surface area contributed by atoms with Crippen LogP contribution in [0.15, 0.2) is 65.7 Å². The SMILES string of the molecule is C[C@@]12CCC[C@H]1[C@@H]1CN=C3CC(=O)CC(C(=O)CC(c4ccccc4)c4ccccc4)[C@]3(C)[C@@H]1CC2. The van der Waals surface area contributed by atoms with E-state index >= 15 is 0 Å². The summed E-state index contributed by atoms with van der Waals surface area (Å²) in [6.45, 7) is 5.68. The third-order valence-electron chi connectivity index (χ3n) is 10.8. The minimum atomic E-state index is -0.282. The molecule has 3 fully saturated rings. The normalized spacial score (nSPS) is 35.5. The van der Waals surface area contributed by atoms with Crippen LogP contribution < -0.4 is 0 Å². The third kappa shape index (κ3) is 3.81. The minimum Gasteiger partial charge on any atom is -0.299 e. The van der Waals surface area contributed by atoms with E-state index in [1.165, 1.54) is 43.2 Å². The van der Waals surface area contributed by atoms with Crippen molar-refractivity contribution in [2.45, 2.75) is 71.1 Å². The van der Waals surface area contributed by atoms with Crippen LogP contribution in [0.1, 0.15) is 82.3 Å². The first-order valence-electron chi connectivity index (χ1n) is 14.1. The van der Waals surface area contributed by atoms with Gasteiger partial charge in [-0.05, 0) is 60.0 Å². The van der Waals surface area contributed by atoms with Crippen molar-refractivity contribution in [1.82, 2.24) is 0 Å². The van der Waals surface area contributed by atoms with Crippen LogP contribution in [0.2, 0.25) is 0 Å². The predicted molar refractivity (Wildman–Crippen MR) is 144 cm³/mol. The summed E-state index contributed by atoms with van der Waals surface area (Å²) >= 11 is 0. The number of ketones is 2. The first-order chi connectivity index (χ1) is 17.4. The van der Waals surface area contributed by atoms with Crippen LogP contribution in [0.5, 0.6) is 0 Å². The lowest BCUT2D eigenvalue weighted by Gasteiger charge is -2.57. The van der Waals surface area contributed by atoms with Gasteiger partial charge in [-0.15, -0.1) is 0 Å². The fourth-order valence-corrected chi connectivity index (χ4v) is 8.87. The summed E-state index contributed by atoms with van der Waals surface area (Å²) in [4.78, 5) is 32.4. The van der Waals surface area contributed by atoms with Crippen molar-refractivity contribution in [3.05, 3.63) is 71.8 Å². The van der Waals surface area contributed by atoms with Gasteiger partial charge < -0.3 is 0 Å². The summed E-state index contributed by atoms with van der Waals surface area (Å²) in [5.41, 5.74) is 3.53. The Kier molecular flexibility index (Phi) is 6.01. The van der Waals surface area contributed by atoms with Gasteiger partial charge in [0.25, 0.3) is 0 Å². The number of rotatable bonds is 5. The van der Waals surface area contributed by atoms with E-state index in [1.54, 1.807) is 0 Å². The molecule has 36 heavy (non-hydrogen) atoms. The van der Waals surface area contributed by atoms with Gasteiger partial charge in [-0.25, -0.2) is 0 Å². The number of aliphatic imine (C=N–C) groups is 1. The molecule has 3 aliphatic carbocycles. The summed E-state index contributed by atoms with van der Waals surface area (Å²) in [5.74, 6) is 1.93. The van der Waals surface area contributed by atoms with Gasteiger partial charge in [-0.1, -0.05) is 80.9 Å². The van der Waals surface area contributed by atoms with Crippen molar-refractivity contribution in [3.8, 4) is 0 Å². The molecule has 0 amide bonds. The van der Waals surface area contributed by atoms with Crippen molar-refractivity contribution >= 4 is 17.3 Å². The molecule has 0 spiro atoms. The van der Waals surface area contributed by atoms with Gasteiger partial charge >= 0.3 is 0 Å². The molecule has 3 saturated carbocycles. The van der Waals surface area contributed by atoms with Crippen LogP contribution in [-0.4, -0.2) is 23.8 Å². The summed E-state index contributed by atoms with van der Waals surface area (Å²) in [6.07, 6.45) is 7.67. The molecule has 3 nitrogen and oxygen atoms in total. The predicted octanol–water partition coefficient (Wildman–Crippen LogP) is 7.05. The Hall–Kier alpha value is -2.55. The number of carbonyl (C=O) groups is 2. The van der Waals surface area contributed by atoms with Crippen LogP contribution in [0, 0.1) is 34.5 Å². The number of hydrogen-bond acceptors (Lipinski definition) is 3. The van der Waals surface area contributed by atoms with E-state index in [4.69, 9.17) is 4.99 Å². The van der Waals surface area contributed by atoms with Gasteiger partial charge in [0.15, 0.2) is 0 Å². The first-order valence-corrected chi connectivity index (χ1v) is 14.1. The van der Waals surface area contributed by atoms with Crippen molar-refractivity contribution in [2.75, 3.05) is 6.54 Å². The molecule has 4 aliphatic rings. The fourth-order valence-electron chi connectivity index (χ4n) is 8.87. The Morgan fingerprint density at radius 2 is 1.61 bits per heavy atom. The highest BCUT2D eigenvalue weighted by Gasteiger charge is 2.60. The molecule has 3 heteroatoms. The number of fused-ring (bicyclic) bond motifs is 5. The third-order valence-corrected chi connectivity index (χ3v) is 10.8. The number of Topliss-reactive ketones (excluding diaryl/α,β-unsaturated/α-hetero) is 2. The maximum Gasteiger partial charge on any atom is 0.139 e. The Morgan fingerprint density at radius 3 is 2.28 bits per heavy atom. The summed E-state index contributed by atoms with van der Waals surface area (Å²) < 4.78 is 0. The maximum absolute atomic E-state index is 14.3. The second kappa shape index (κ2) is 9.08. The lowest BCUT2D eigenvalue weighted by atomic mass is 9.47. The van der Waals surface area contributed by atoms with Gasteiger partial charge in [0.2, 0.25) is 0 Å². The molecule has 1 heterocycles. The Bertz CT molecular complexity index is 1130. The van der Waals surface area contributed by atoms with E-state index in [0.29, 0.717) is 42.4 Å². The molecule has 0 radical (unpaired) electrons. The Balaban J connectivity index is 1.35. The maximum atomic E-state index is 14.3. The van der Waals surface area contributed by atoms with Crippen LogP contribution >= 0.6 is 0 Å². The van der Waals surface area contributed by atoms with Gasteiger partial charge in [-0.2, -0.15) is 0 Å². The lowest BCUT2D eigenvalue weighted by molar-refractivity contribution is -0.136. The lowest BCUT2D eigenvalue weighted by Crippen LogP contribution is -2.58. The van der Waals surface area contributed by atoms with Crippen LogP contribution in [0.4, 0.5) is 0 Å². The monoisotopic (exact) mass is 481 g/mol. The molecule has 0 N–H and O–H groups in total. The summed E-state index contributed by atoms with van der Waals surface area (Å²) in [5, 5.41) is 0. The number of hydrogen-bond donors (Lipinski definition) is 0. The minimum absolute atomic E-state index is 0.00443. The molecule has 0 bridgehead atoms. The molecule has 1 unspecified atom stereocenters. The van der Waals surface area contributed by atoms with E-state index in [-0.39, 0.29) is 28.8 Å². The zero-order valence-electron chi connectivity index (χ0n) is 21.8. The van der Waals surface area contributed by atoms with Crippen molar-refractivity contribution in [1.29, 1.82) is 0 Å². The Labute approximate surface area is 215 Å². The largest absolute Gasteiger partial charge is 0.299 e. The van der Waals surface area contributed by atoms with Gasteiger partial charge in [0.1, 0.15) is 11.6 Å². The molecular weight excluding hydrogens is 442 g/mol. The van der Waals surface area contributed by atoms with E-state index < -0.39 is 0 Å². The van der Waals surface area contributed by atoms with Crippen molar-refractivity contribution < 1.29 is 9.59 Å². The highest BCUT2D eigenvalue weighted by Crippen LogP contribution is 2.63. The topological polar surface area (TPSA) is 46.5 Å². The molecule has 6 rings (SSSR count). The van der Waals surface area contributed by atoms with Crippen LogP contribution in [-0.2, 0) is 9.59 Å². The second-order valence-electron chi connectivity index (χ2n) is 12.5. The quantitative estimate of drug-likeness (QED) is 0.459. The summed E-state index contributed by atoms with van der Waals surface area (Å²) in [6, 6.07) is 20.8. The summed E-state index contributed by atoms with van der Waals surface area (Å²) in [7, 11) is 0. The molecule has 0 aromatic heterocycles. The van der Waals surface area contributed by atoms with E-state index in [1.807, 2.05) is 12.1 Å². The molecule has 6 atom stereocenters. The second-order valence-corrected chi connectivity index (χ2v) is 12.5. The van der Waals surface area contributed by atoms with Gasteiger partial charge in [-0.3, -0.25) is 14.6 Å². The highest BCUT2D eigenvalue weighted by molar-refractivity contribution is 6.11. The standard InChI is InChI=1S/C33H39NO2/c1-32-16-9-14-27(32)26-21-34-31-19-24(35)18-29(33(31,2)28(26)15-17-32)30(36)20-25(22-10-5-3-6-11-22)23-12-7-4-8-13-23/h3-8,10-13,25-29H,9,14-21H2,1-2H3/t26-,27-,28+,29?,32-,33-/m0/s1. The zero-order chi connectivity index (χ0) is 24.9. The van der Waals surface area contributed by atoms with Crippen molar-refractivity contribution in [2.24, 2.45) is 39.5 Å². The fraction of sp³-hybridized carbons (Fsp3) is 0.545. The average Bonchev–Trinajstić information content (AvgIpc) is 3.30. The average molecular weight is 482 g/mol.